The number of aromatic nitrogens is 4. The zero-order valence-electron chi connectivity index (χ0n) is 16.6. The van der Waals surface area contributed by atoms with Crippen molar-refractivity contribution in [3.05, 3.63) is 59.9 Å². The minimum atomic E-state index is -0.260. The van der Waals surface area contributed by atoms with Crippen LogP contribution in [0, 0.1) is 0 Å². The standard InChI is InChI=1S/C21H20ClN5O3/c1-12(20-23-6-7-24-20)30-17-5-4-13(8-15(17)22)27-21-14-9-18(28-2)19(29-3)10-16(14)25-11-26-21/h4-12H,1-3H3,(H,23,24)(H,25,26,27). The Morgan fingerprint density at radius 1 is 1.00 bits per heavy atom. The van der Waals surface area contributed by atoms with Gasteiger partial charge in [-0.3, -0.25) is 0 Å². The van der Waals surface area contributed by atoms with Crippen LogP contribution in [-0.4, -0.2) is 34.2 Å². The largest absolute Gasteiger partial charge is 0.493 e. The number of nitrogens with zero attached hydrogens (tertiary/aromatic N) is 3. The fraction of sp³-hybridized carbons (Fsp3) is 0.190. The maximum atomic E-state index is 6.44. The van der Waals surface area contributed by atoms with Crippen LogP contribution >= 0.6 is 11.6 Å². The zero-order valence-corrected chi connectivity index (χ0v) is 17.4. The number of aromatic amines is 1. The molecule has 0 radical (unpaired) electrons. The van der Waals surface area contributed by atoms with Crippen molar-refractivity contribution in [3.8, 4) is 17.2 Å². The average Bonchev–Trinajstić information content (AvgIpc) is 3.30. The predicted molar refractivity (Wildman–Crippen MR) is 115 cm³/mol. The highest BCUT2D eigenvalue weighted by Gasteiger charge is 2.14. The first-order valence-corrected chi connectivity index (χ1v) is 9.56. The van der Waals surface area contributed by atoms with Crippen LogP contribution in [-0.2, 0) is 0 Å². The number of hydrogen-bond acceptors (Lipinski definition) is 7. The summed E-state index contributed by atoms with van der Waals surface area (Å²) in [6.07, 6.45) is 4.66. The molecule has 0 amide bonds. The van der Waals surface area contributed by atoms with Gasteiger partial charge < -0.3 is 24.5 Å². The molecule has 4 aromatic rings. The van der Waals surface area contributed by atoms with Crippen LogP contribution in [0.25, 0.3) is 10.9 Å². The zero-order chi connectivity index (χ0) is 21.1. The summed E-state index contributed by atoms with van der Waals surface area (Å²) in [6, 6.07) is 9.09. The lowest BCUT2D eigenvalue weighted by atomic mass is 10.2. The lowest BCUT2D eigenvalue weighted by Crippen LogP contribution is -2.05. The fourth-order valence-corrected chi connectivity index (χ4v) is 3.26. The third-order valence-corrected chi connectivity index (χ3v) is 4.84. The Hall–Kier alpha value is -3.52. The molecule has 0 fully saturated rings. The Bertz CT molecular complexity index is 1170. The highest BCUT2D eigenvalue weighted by molar-refractivity contribution is 6.32. The number of nitrogens with one attached hydrogen (secondary N) is 2. The van der Waals surface area contributed by atoms with Crippen LogP contribution in [0.4, 0.5) is 11.5 Å². The molecule has 0 saturated heterocycles. The number of fused-ring (bicyclic) bond motifs is 1. The van der Waals surface area contributed by atoms with Crippen molar-refractivity contribution in [1.29, 1.82) is 0 Å². The van der Waals surface area contributed by atoms with E-state index in [1.807, 2.05) is 19.1 Å². The Labute approximate surface area is 178 Å². The maximum absolute atomic E-state index is 6.44. The third kappa shape index (κ3) is 3.95. The van der Waals surface area contributed by atoms with Crippen LogP contribution in [0.15, 0.2) is 49.1 Å². The van der Waals surface area contributed by atoms with E-state index >= 15 is 0 Å². The molecule has 1 atom stereocenters. The van der Waals surface area contributed by atoms with Crippen LogP contribution in [0.5, 0.6) is 17.2 Å². The molecule has 4 rings (SSSR count). The minimum absolute atomic E-state index is 0.260. The molecule has 9 heteroatoms. The van der Waals surface area contributed by atoms with E-state index in [9.17, 15) is 0 Å². The Morgan fingerprint density at radius 3 is 2.50 bits per heavy atom. The van der Waals surface area contributed by atoms with Gasteiger partial charge in [-0.05, 0) is 31.2 Å². The molecule has 2 aromatic heterocycles. The summed E-state index contributed by atoms with van der Waals surface area (Å²) in [5.41, 5.74) is 1.48. The van der Waals surface area contributed by atoms with E-state index in [0.29, 0.717) is 28.1 Å². The first-order valence-electron chi connectivity index (χ1n) is 9.18. The van der Waals surface area contributed by atoms with Gasteiger partial charge in [-0.15, -0.1) is 0 Å². The van der Waals surface area contributed by atoms with Gasteiger partial charge in [-0.1, -0.05) is 11.6 Å². The highest BCUT2D eigenvalue weighted by atomic mass is 35.5. The van der Waals surface area contributed by atoms with Gasteiger partial charge in [0.15, 0.2) is 17.6 Å². The second-order valence-electron chi connectivity index (χ2n) is 6.45. The molecule has 2 aromatic carbocycles. The molecule has 0 spiro atoms. The number of rotatable bonds is 7. The molecule has 2 N–H and O–H groups in total. The van der Waals surface area contributed by atoms with Gasteiger partial charge in [0.2, 0.25) is 0 Å². The van der Waals surface area contributed by atoms with Gasteiger partial charge in [0, 0.05) is 29.5 Å². The van der Waals surface area contributed by atoms with Crippen molar-refractivity contribution in [1.82, 2.24) is 19.9 Å². The fourth-order valence-electron chi connectivity index (χ4n) is 3.04. The maximum Gasteiger partial charge on any atom is 0.162 e. The van der Waals surface area contributed by atoms with Crippen LogP contribution in [0.1, 0.15) is 18.9 Å². The summed E-state index contributed by atoms with van der Waals surface area (Å²) in [5, 5.41) is 4.54. The summed E-state index contributed by atoms with van der Waals surface area (Å²) >= 11 is 6.44. The third-order valence-electron chi connectivity index (χ3n) is 4.54. The van der Waals surface area contributed by atoms with Crippen molar-refractivity contribution in [2.75, 3.05) is 19.5 Å². The van der Waals surface area contributed by atoms with Crippen LogP contribution in [0.3, 0.4) is 0 Å². The van der Waals surface area contributed by atoms with E-state index in [2.05, 4.69) is 25.3 Å². The van der Waals surface area contributed by atoms with Crippen molar-refractivity contribution >= 4 is 34.0 Å². The predicted octanol–water partition coefficient (Wildman–Crippen LogP) is 4.91. The number of halogens is 1. The Balaban J connectivity index is 1.60. The van der Waals surface area contributed by atoms with Gasteiger partial charge in [0.1, 0.15) is 23.7 Å². The Morgan fingerprint density at radius 2 is 1.80 bits per heavy atom. The van der Waals surface area contributed by atoms with Gasteiger partial charge in [-0.2, -0.15) is 0 Å². The molecule has 2 heterocycles. The van der Waals surface area contributed by atoms with E-state index in [1.165, 1.54) is 6.33 Å². The van der Waals surface area contributed by atoms with Crippen molar-refractivity contribution < 1.29 is 14.2 Å². The molecular weight excluding hydrogens is 406 g/mol. The van der Waals surface area contributed by atoms with E-state index < -0.39 is 0 Å². The lowest BCUT2D eigenvalue weighted by Gasteiger charge is -2.15. The highest BCUT2D eigenvalue weighted by Crippen LogP contribution is 2.36. The monoisotopic (exact) mass is 425 g/mol. The number of H-pyrrole nitrogens is 1. The summed E-state index contributed by atoms with van der Waals surface area (Å²) in [4.78, 5) is 15.9. The molecule has 0 aliphatic carbocycles. The average molecular weight is 426 g/mol. The minimum Gasteiger partial charge on any atom is -0.493 e. The molecule has 8 nitrogen and oxygen atoms in total. The lowest BCUT2D eigenvalue weighted by molar-refractivity contribution is 0.218. The second kappa shape index (κ2) is 8.46. The van der Waals surface area contributed by atoms with Crippen molar-refractivity contribution in [2.24, 2.45) is 0 Å². The summed E-state index contributed by atoms with van der Waals surface area (Å²) in [7, 11) is 3.17. The SMILES string of the molecule is COc1cc2ncnc(Nc3ccc(OC(C)c4ncc[nH]4)c(Cl)c3)c2cc1OC. The molecule has 0 aliphatic rings. The molecule has 0 aliphatic heterocycles. The smallest absolute Gasteiger partial charge is 0.162 e. The number of hydrogen-bond donors (Lipinski definition) is 2. The van der Waals surface area contributed by atoms with Gasteiger partial charge in [-0.25, -0.2) is 15.0 Å². The first kappa shape index (κ1) is 19.8. The first-order chi connectivity index (χ1) is 14.6. The number of methoxy groups -OCH3 is 2. The van der Waals surface area contributed by atoms with Crippen molar-refractivity contribution in [2.45, 2.75) is 13.0 Å². The number of ether oxygens (including phenoxy) is 3. The van der Waals surface area contributed by atoms with E-state index in [4.69, 9.17) is 25.8 Å². The summed E-state index contributed by atoms with van der Waals surface area (Å²) in [5.74, 6) is 3.10. The molecule has 1 unspecified atom stereocenters. The summed E-state index contributed by atoms with van der Waals surface area (Å²) < 4.78 is 16.7. The molecule has 0 bridgehead atoms. The van der Waals surface area contributed by atoms with Crippen LogP contribution in [0.2, 0.25) is 5.02 Å². The van der Waals surface area contributed by atoms with E-state index in [0.717, 1.165) is 22.4 Å². The van der Waals surface area contributed by atoms with Gasteiger partial charge >= 0.3 is 0 Å². The molecule has 154 valence electrons. The topological polar surface area (TPSA) is 94.2 Å². The molecule has 30 heavy (non-hydrogen) atoms. The normalized spacial score (nSPS) is 11.9. The van der Waals surface area contributed by atoms with Crippen molar-refractivity contribution in [3.63, 3.8) is 0 Å². The van der Waals surface area contributed by atoms with E-state index in [1.54, 1.807) is 44.8 Å². The number of imidazole rings is 1. The van der Waals surface area contributed by atoms with Crippen LogP contribution < -0.4 is 19.5 Å². The number of benzene rings is 2. The quantitative estimate of drug-likeness (QED) is 0.434. The second-order valence-corrected chi connectivity index (χ2v) is 6.86. The van der Waals surface area contributed by atoms with Gasteiger partial charge in [0.25, 0.3) is 0 Å². The van der Waals surface area contributed by atoms with E-state index in [-0.39, 0.29) is 6.10 Å². The Kier molecular flexibility index (Phi) is 5.58. The van der Waals surface area contributed by atoms with Gasteiger partial charge in [0.05, 0.1) is 24.8 Å². The number of anilines is 2. The molecular formula is C21H20ClN5O3. The molecule has 0 saturated carbocycles. The summed E-state index contributed by atoms with van der Waals surface area (Å²) in [6.45, 7) is 1.90.